The monoisotopic (exact) mass is 503 g/mol. The molecule has 0 bridgehead atoms. The molecule has 8 nitrogen and oxygen atoms in total. The molecule has 1 N–H and O–H groups in total. The Hall–Kier alpha value is -4.20. The zero-order valence-electron chi connectivity index (χ0n) is 21.9. The van der Waals surface area contributed by atoms with Gasteiger partial charge in [0.1, 0.15) is 17.1 Å². The Morgan fingerprint density at radius 3 is 2.35 bits per heavy atom. The lowest BCUT2D eigenvalue weighted by molar-refractivity contribution is -0.121. The van der Waals surface area contributed by atoms with Crippen molar-refractivity contribution >= 4 is 11.6 Å². The van der Waals surface area contributed by atoms with E-state index in [-0.39, 0.29) is 18.2 Å². The fourth-order valence-corrected chi connectivity index (χ4v) is 4.49. The van der Waals surface area contributed by atoms with Crippen LogP contribution in [0.5, 0.6) is 23.0 Å². The van der Waals surface area contributed by atoms with Crippen LogP contribution in [0.25, 0.3) is 5.65 Å². The van der Waals surface area contributed by atoms with E-state index in [1.807, 2.05) is 72.2 Å². The summed E-state index contributed by atoms with van der Waals surface area (Å²) < 4.78 is 23.7. The third-order valence-corrected chi connectivity index (χ3v) is 6.47. The number of carbonyl (C=O) groups excluding carboxylic acids is 1. The van der Waals surface area contributed by atoms with E-state index in [0.717, 1.165) is 28.0 Å². The minimum atomic E-state index is -0.262. The molecule has 0 fully saturated rings. The van der Waals surface area contributed by atoms with Gasteiger partial charge in [-0.2, -0.15) is 0 Å². The van der Waals surface area contributed by atoms with Crippen molar-refractivity contribution in [3.8, 4) is 23.0 Å². The number of carbonyl (C=O) groups is 1. The second-order valence-corrected chi connectivity index (χ2v) is 8.76. The van der Waals surface area contributed by atoms with Gasteiger partial charge < -0.3 is 28.7 Å². The Kier molecular flexibility index (Phi) is 8.18. The molecule has 37 heavy (non-hydrogen) atoms. The van der Waals surface area contributed by atoms with Gasteiger partial charge in [0, 0.05) is 37.3 Å². The molecule has 194 valence electrons. The van der Waals surface area contributed by atoms with Crippen molar-refractivity contribution in [2.24, 2.45) is 0 Å². The van der Waals surface area contributed by atoms with Crippen LogP contribution in [-0.2, 0) is 11.2 Å². The summed E-state index contributed by atoms with van der Waals surface area (Å²) >= 11 is 0. The number of ether oxygens (including phenoxy) is 4. The first-order chi connectivity index (χ1) is 18.0. The number of amides is 1. The van der Waals surface area contributed by atoms with Gasteiger partial charge in [0.15, 0.2) is 11.5 Å². The number of benzene rings is 2. The van der Waals surface area contributed by atoms with Crippen LogP contribution in [0.2, 0.25) is 0 Å². The summed E-state index contributed by atoms with van der Waals surface area (Å²) in [6.45, 7) is 2.52. The molecule has 0 saturated heterocycles. The van der Waals surface area contributed by atoms with E-state index in [1.165, 1.54) is 0 Å². The van der Waals surface area contributed by atoms with E-state index in [9.17, 15) is 4.79 Å². The molecule has 0 radical (unpaired) electrons. The van der Waals surface area contributed by atoms with E-state index in [0.29, 0.717) is 36.0 Å². The Labute approximate surface area is 217 Å². The standard InChI is InChI=1S/C29H33N3O5/c1-19-7-6-12-32-25(18-31-29(19)32)24(21-14-22(34-2)16-23(15-21)35-3)17-28(33)30-11-10-20-8-9-26(36-4)27(13-20)37-5/h6-9,12-16,18,24H,10-11,17H2,1-5H3,(H,30,33). The maximum atomic E-state index is 13.2. The minimum absolute atomic E-state index is 0.0603. The Balaban J connectivity index is 1.57. The topological polar surface area (TPSA) is 83.3 Å². The summed E-state index contributed by atoms with van der Waals surface area (Å²) in [6, 6.07) is 15.5. The molecule has 2 heterocycles. The quantitative estimate of drug-likeness (QED) is 0.323. The highest BCUT2D eigenvalue weighted by Crippen LogP contribution is 2.34. The van der Waals surface area contributed by atoms with E-state index in [4.69, 9.17) is 18.9 Å². The van der Waals surface area contributed by atoms with Crippen molar-refractivity contribution < 1.29 is 23.7 Å². The second-order valence-electron chi connectivity index (χ2n) is 8.76. The number of fused-ring (bicyclic) bond motifs is 1. The van der Waals surface area contributed by atoms with Gasteiger partial charge in [0.05, 0.1) is 34.1 Å². The van der Waals surface area contributed by atoms with Gasteiger partial charge in [-0.05, 0) is 60.4 Å². The van der Waals surface area contributed by atoms with Crippen LogP contribution in [-0.4, -0.2) is 50.3 Å². The Bertz CT molecular complexity index is 1360. The van der Waals surface area contributed by atoms with Gasteiger partial charge in [0.25, 0.3) is 0 Å². The molecule has 0 aliphatic rings. The highest BCUT2D eigenvalue weighted by molar-refractivity contribution is 5.77. The maximum absolute atomic E-state index is 13.2. The molecule has 0 saturated carbocycles. The number of nitrogens with one attached hydrogen (secondary N) is 1. The first-order valence-corrected chi connectivity index (χ1v) is 12.1. The average Bonchev–Trinajstić information content (AvgIpc) is 3.36. The molecule has 4 rings (SSSR count). The lowest BCUT2D eigenvalue weighted by atomic mass is 9.91. The first kappa shape index (κ1) is 25.9. The fraction of sp³-hybridized carbons (Fsp3) is 0.310. The zero-order valence-corrected chi connectivity index (χ0v) is 21.9. The van der Waals surface area contributed by atoms with Crippen LogP contribution in [0.15, 0.2) is 60.9 Å². The van der Waals surface area contributed by atoms with Crippen LogP contribution >= 0.6 is 0 Å². The number of nitrogens with zero attached hydrogens (tertiary/aromatic N) is 2. The van der Waals surface area contributed by atoms with Gasteiger partial charge in [-0.15, -0.1) is 0 Å². The van der Waals surface area contributed by atoms with Crippen LogP contribution in [0, 0.1) is 6.92 Å². The first-order valence-electron chi connectivity index (χ1n) is 12.1. The second kappa shape index (κ2) is 11.7. The van der Waals surface area contributed by atoms with E-state index >= 15 is 0 Å². The summed E-state index contributed by atoms with van der Waals surface area (Å²) in [7, 11) is 6.45. The van der Waals surface area contributed by atoms with E-state index in [1.54, 1.807) is 28.4 Å². The largest absolute Gasteiger partial charge is 0.497 e. The number of rotatable bonds is 11. The molecule has 0 aliphatic heterocycles. The number of pyridine rings is 1. The third-order valence-electron chi connectivity index (χ3n) is 6.47. The zero-order chi connectivity index (χ0) is 26.4. The molecule has 0 spiro atoms. The van der Waals surface area contributed by atoms with E-state index < -0.39 is 0 Å². The molecular weight excluding hydrogens is 470 g/mol. The third kappa shape index (κ3) is 5.80. The number of imidazole rings is 1. The summed E-state index contributed by atoms with van der Waals surface area (Å²) in [5.74, 6) is 2.35. The maximum Gasteiger partial charge on any atom is 0.221 e. The Morgan fingerprint density at radius 1 is 0.946 bits per heavy atom. The lowest BCUT2D eigenvalue weighted by Gasteiger charge is -2.19. The fourth-order valence-electron chi connectivity index (χ4n) is 4.49. The van der Waals surface area contributed by atoms with Gasteiger partial charge in [-0.25, -0.2) is 4.98 Å². The normalized spacial score (nSPS) is 11.7. The number of methoxy groups -OCH3 is 4. The van der Waals surface area contributed by atoms with E-state index in [2.05, 4.69) is 10.3 Å². The van der Waals surface area contributed by atoms with Crippen LogP contribution < -0.4 is 24.3 Å². The average molecular weight is 504 g/mol. The SMILES string of the molecule is COc1cc(OC)cc(C(CC(=O)NCCc2ccc(OC)c(OC)c2)c2cnc3c(C)cccn23)c1. The van der Waals surface area contributed by atoms with Crippen molar-refractivity contribution in [3.05, 3.63) is 83.3 Å². The predicted octanol–water partition coefficient (Wildman–Crippen LogP) is 4.56. The molecule has 2 aromatic carbocycles. The van der Waals surface area contributed by atoms with Crippen molar-refractivity contribution in [1.29, 1.82) is 0 Å². The van der Waals surface area contributed by atoms with Crippen LogP contribution in [0.3, 0.4) is 0 Å². The summed E-state index contributed by atoms with van der Waals surface area (Å²) in [5, 5.41) is 3.07. The predicted molar refractivity (Wildman–Crippen MR) is 142 cm³/mol. The molecule has 2 aromatic heterocycles. The number of hydrogen-bond acceptors (Lipinski definition) is 6. The molecule has 0 aliphatic carbocycles. The molecular formula is C29H33N3O5. The summed E-state index contributed by atoms with van der Waals surface area (Å²) in [4.78, 5) is 17.8. The van der Waals surface area contributed by atoms with Crippen LogP contribution in [0.1, 0.15) is 34.7 Å². The number of aromatic nitrogens is 2. The number of hydrogen-bond donors (Lipinski definition) is 1. The van der Waals surface area contributed by atoms with Gasteiger partial charge in [0.2, 0.25) is 5.91 Å². The van der Waals surface area contributed by atoms with Gasteiger partial charge in [-0.3, -0.25) is 4.79 Å². The van der Waals surface area contributed by atoms with Gasteiger partial charge in [-0.1, -0.05) is 12.1 Å². The summed E-state index contributed by atoms with van der Waals surface area (Å²) in [5.41, 5.74) is 4.81. The Morgan fingerprint density at radius 2 is 1.68 bits per heavy atom. The smallest absolute Gasteiger partial charge is 0.221 e. The summed E-state index contributed by atoms with van der Waals surface area (Å²) in [6.07, 6.45) is 4.72. The molecule has 1 atom stereocenters. The number of aryl methyl sites for hydroxylation is 1. The van der Waals surface area contributed by atoms with Crippen molar-refractivity contribution in [3.63, 3.8) is 0 Å². The molecule has 4 aromatic rings. The lowest BCUT2D eigenvalue weighted by Crippen LogP contribution is -2.27. The highest BCUT2D eigenvalue weighted by Gasteiger charge is 2.23. The van der Waals surface area contributed by atoms with Gasteiger partial charge >= 0.3 is 0 Å². The molecule has 1 unspecified atom stereocenters. The van der Waals surface area contributed by atoms with Crippen molar-refractivity contribution in [2.75, 3.05) is 35.0 Å². The van der Waals surface area contributed by atoms with Crippen molar-refractivity contribution in [2.45, 2.75) is 25.7 Å². The molecule has 1 amide bonds. The minimum Gasteiger partial charge on any atom is -0.497 e. The highest BCUT2D eigenvalue weighted by atomic mass is 16.5. The molecule has 8 heteroatoms. The van der Waals surface area contributed by atoms with Crippen molar-refractivity contribution in [1.82, 2.24) is 14.7 Å². The van der Waals surface area contributed by atoms with Crippen LogP contribution in [0.4, 0.5) is 0 Å².